The van der Waals surface area contributed by atoms with Crippen molar-refractivity contribution in [3.8, 4) is 17.6 Å². The van der Waals surface area contributed by atoms with E-state index < -0.39 is 39.2 Å². The van der Waals surface area contributed by atoms with E-state index in [0.717, 1.165) is 34.1 Å². The Kier molecular flexibility index (Phi) is 26.6. The molecule has 0 aliphatic carbocycles. The predicted octanol–water partition coefficient (Wildman–Crippen LogP) is 9.52. The summed E-state index contributed by atoms with van der Waals surface area (Å²) in [4.78, 5) is 66.1. The fourth-order valence-corrected chi connectivity index (χ4v) is 8.97. The number of nitriles is 1. The van der Waals surface area contributed by atoms with E-state index in [1.165, 1.54) is 19.3 Å². The molecular formula is C58H80ClFN9O9S+. The highest BCUT2D eigenvalue weighted by molar-refractivity contribution is 7.74. The molecular weight excluding hydrogens is 1050 g/mol. The average molecular weight is 1130 g/mol. The van der Waals surface area contributed by atoms with Crippen LogP contribution in [0.25, 0.3) is 0 Å². The number of alkyl halides is 1. The molecule has 0 saturated carbocycles. The Morgan fingerprint density at radius 3 is 2.29 bits per heavy atom. The van der Waals surface area contributed by atoms with Gasteiger partial charge < -0.3 is 29.2 Å². The summed E-state index contributed by atoms with van der Waals surface area (Å²) in [6, 6.07) is 15.4. The second-order valence-electron chi connectivity index (χ2n) is 19.3. The molecule has 0 bridgehead atoms. The van der Waals surface area contributed by atoms with Gasteiger partial charge in [0.1, 0.15) is 62.2 Å². The Morgan fingerprint density at radius 2 is 1.66 bits per heavy atom. The highest BCUT2D eigenvalue weighted by Gasteiger charge is 2.40. The van der Waals surface area contributed by atoms with E-state index in [1.54, 1.807) is 38.1 Å². The predicted molar refractivity (Wildman–Crippen MR) is 308 cm³/mol. The molecule has 3 heterocycles. The molecule has 1 saturated heterocycles. The molecule has 0 radical (unpaired) electrons. The second kappa shape index (κ2) is 32.2. The summed E-state index contributed by atoms with van der Waals surface area (Å²) in [6.45, 7) is 23.6. The number of carbonyl (C=O) groups excluding carboxylic acids is 4. The third-order valence-corrected chi connectivity index (χ3v) is 13.3. The molecule has 0 spiro atoms. The lowest BCUT2D eigenvalue weighted by Gasteiger charge is -2.36. The first kappa shape index (κ1) is 65.3. The van der Waals surface area contributed by atoms with Crippen molar-refractivity contribution in [1.82, 2.24) is 25.1 Å². The van der Waals surface area contributed by atoms with Gasteiger partial charge in [-0.1, -0.05) is 66.2 Å². The van der Waals surface area contributed by atoms with Crippen LogP contribution in [-0.4, -0.2) is 144 Å². The third kappa shape index (κ3) is 18.7. The van der Waals surface area contributed by atoms with Crippen LogP contribution in [0.2, 0.25) is 0 Å². The number of benzene rings is 3. The van der Waals surface area contributed by atoms with E-state index in [4.69, 9.17) is 30.5 Å². The molecule has 79 heavy (non-hydrogen) atoms. The number of piperazine rings is 1. The van der Waals surface area contributed by atoms with Gasteiger partial charge in [0.25, 0.3) is 23.7 Å². The number of aryl methyl sites for hydroxylation is 1. The number of nitrogens with zero attached hydrogens (tertiary/aromatic N) is 7. The van der Waals surface area contributed by atoms with Crippen LogP contribution < -0.4 is 25.1 Å². The molecule has 2 atom stereocenters. The van der Waals surface area contributed by atoms with Crippen LogP contribution in [0.4, 0.5) is 16.0 Å². The quantitative estimate of drug-likeness (QED) is 0.00794. The minimum absolute atomic E-state index is 0.0239. The van der Waals surface area contributed by atoms with E-state index in [-0.39, 0.29) is 72.8 Å². The number of hydrogen-bond donors (Lipinski definition) is 4. The van der Waals surface area contributed by atoms with Crippen molar-refractivity contribution < 1.29 is 51.9 Å². The van der Waals surface area contributed by atoms with E-state index in [0.29, 0.717) is 94.6 Å². The highest BCUT2D eigenvalue weighted by atomic mass is 35.5. The third-order valence-electron chi connectivity index (χ3n) is 13.0. The van der Waals surface area contributed by atoms with Gasteiger partial charge in [-0.05, 0) is 83.9 Å². The first-order valence-corrected chi connectivity index (χ1v) is 27.9. The number of quaternary nitrogens is 1. The van der Waals surface area contributed by atoms with Gasteiger partial charge in [-0.15, -0.1) is 18.2 Å². The van der Waals surface area contributed by atoms with Crippen LogP contribution in [0.3, 0.4) is 0 Å². The van der Waals surface area contributed by atoms with Gasteiger partial charge in [-0.2, -0.15) is 15.9 Å². The normalized spacial score (nSPS) is 14.4. The largest absolute Gasteiger partial charge is 0.491 e. The number of hydrogen-bond acceptors (Lipinski definition) is 16. The van der Waals surface area contributed by atoms with Crippen LogP contribution in [0.1, 0.15) is 140 Å². The number of ketones is 1. The zero-order valence-corrected chi connectivity index (χ0v) is 49.0. The number of hydroxylamine groups is 1. The van der Waals surface area contributed by atoms with Gasteiger partial charge in [-0.3, -0.25) is 29.0 Å². The van der Waals surface area contributed by atoms with E-state index in [2.05, 4.69) is 64.1 Å². The molecule has 6 rings (SSSR count). The molecule has 21 heteroatoms. The number of aromatic nitrogens is 2. The van der Waals surface area contributed by atoms with Gasteiger partial charge in [0.15, 0.2) is 0 Å². The fourth-order valence-electron chi connectivity index (χ4n) is 8.80. The van der Waals surface area contributed by atoms with Gasteiger partial charge in [-0.25, -0.2) is 14.4 Å². The van der Waals surface area contributed by atoms with Crippen molar-refractivity contribution >= 4 is 59.6 Å². The van der Waals surface area contributed by atoms with Gasteiger partial charge >= 0.3 is 0 Å². The standard InChI is InChI=1S/C53H67ClFN9O9S.C3H6.C2H6/c1-7-9-36-28-39(29-37(33-56)48(36)72-23-15-54)53(4,5)38-11-13-47(73-34-40-14-16-58-52(59-40)60-64(6,69)74)44(30-38)49(66)57-17-24-70-26-27-71-25-22-61-18-20-62(21-19-61)46-32-43-42(31-45(46)55)50(67)63(51(43)68)35(3)10-12-41(65)8-2;1-3-2;1-2/h11,13-14,16,28-32,35,69,74H,7-10,12,15,17-27,34H2,1-6H3,(H-,57,58,59,60,66);3H,1H2,2H3;1-2H3/p+1. The lowest BCUT2D eigenvalue weighted by molar-refractivity contribution is -0.955. The maximum absolute atomic E-state index is 15.4. The maximum Gasteiger partial charge on any atom is 0.273 e. The zero-order chi connectivity index (χ0) is 58.3. The van der Waals surface area contributed by atoms with Crippen LogP contribution in [-0.2, 0) is 32.7 Å². The summed E-state index contributed by atoms with van der Waals surface area (Å²) in [5, 5.41) is 23.1. The summed E-state index contributed by atoms with van der Waals surface area (Å²) in [7, 11) is 1.38. The number of nitrogens with one attached hydrogen (secondary N) is 2. The second-order valence-corrected chi connectivity index (χ2v) is 20.4. The fraction of sp³-hybridized carbons (Fsp3) is 0.500. The number of allylic oxidation sites excluding steroid dienone is 1. The van der Waals surface area contributed by atoms with Crippen LogP contribution >= 0.6 is 24.4 Å². The summed E-state index contributed by atoms with van der Waals surface area (Å²) >= 11 is 9.95. The Bertz CT molecular complexity index is 2730. The Balaban J connectivity index is 0.00000260. The number of rotatable bonds is 28. The van der Waals surface area contributed by atoms with Gasteiger partial charge in [0.2, 0.25) is 0 Å². The van der Waals surface area contributed by atoms with Crippen molar-refractivity contribution in [3.05, 3.63) is 118 Å². The SMILES string of the molecule is C=CC.CC.CCCc1cc(C(C)(C)c2ccc(OCc3ccnc(N[N+](C)(O)S)n3)c(C(=O)NCCOCCOCCN3CCN(c4cc5c(cc4F)C(=O)N(C(C)CCC(=O)CC)C5=O)CC3)c2)cc(C#N)c1OCCCl. The molecule has 2 unspecified atom stereocenters. The van der Waals surface area contributed by atoms with Crippen molar-refractivity contribution in [1.29, 1.82) is 5.26 Å². The number of fused-ring (bicyclic) bond motifs is 1. The number of anilines is 2. The van der Waals surface area contributed by atoms with Gasteiger partial charge in [0, 0.05) is 69.8 Å². The Hall–Kier alpha value is -6.18. The molecule has 2 aliphatic rings. The minimum Gasteiger partial charge on any atom is -0.491 e. The van der Waals surface area contributed by atoms with E-state index >= 15 is 4.39 Å². The zero-order valence-electron chi connectivity index (χ0n) is 47.3. The number of amides is 3. The number of halogens is 2. The molecule has 3 N–H and O–H groups in total. The van der Waals surface area contributed by atoms with Crippen molar-refractivity contribution in [2.75, 3.05) is 95.6 Å². The lowest BCUT2D eigenvalue weighted by Crippen LogP contribution is -2.47. The van der Waals surface area contributed by atoms with Crippen LogP contribution in [0.5, 0.6) is 11.5 Å². The summed E-state index contributed by atoms with van der Waals surface area (Å²) in [6.07, 6.45) is 5.80. The van der Waals surface area contributed by atoms with Crippen LogP contribution in [0.15, 0.2) is 67.4 Å². The van der Waals surface area contributed by atoms with Gasteiger partial charge in [0.05, 0.1) is 65.9 Å². The molecule has 430 valence electrons. The minimum atomic E-state index is -0.895. The smallest absolute Gasteiger partial charge is 0.273 e. The van der Waals surface area contributed by atoms with Crippen molar-refractivity contribution in [2.45, 2.75) is 106 Å². The first-order valence-electron chi connectivity index (χ1n) is 27.0. The molecule has 2 aliphatic heterocycles. The van der Waals surface area contributed by atoms with E-state index in [1.807, 2.05) is 51.7 Å². The molecule has 18 nitrogen and oxygen atoms in total. The monoisotopic (exact) mass is 1130 g/mol. The summed E-state index contributed by atoms with van der Waals surface area (Å²) in [5.41, 5.74) is 6.21. The number of Topliss-reactive ketones (excluding diaryl/α,β-unsaturated/α-hetero) is 1. The number of imide groups is 1. The Morgan fingerprint density at radius 1 is 0.987 bits per heavy atom. The van der Waals surface area contributed by atoms with E-state index in [9.17, 15) is 29.6 Å². The Labute approximate surface area is 476 Å². The maximum atomic E-state index is 15.4. The number of ether oxygens (including phenoxy) is 4. The number of carbonyl (C=O) groups is 4. The average Bonchev–Trinajstić information content (AvgIpc) is 3.81. The number of thiol groups is 1. The van der Waals surface area contributed by atoms with Crippen molar-refractivity contribution in [2.24, 2.45) is 0 Å². The van der Waals surface area contributed by atoms with Crippen molar-refractivity contribution in [3.63, 3.8) is 0 Å². The molecule has 1 fully saturated rings. The molecule has 3 aromatic carbocycles. The highest BCUT2D eigenvalue weighted by Crippen LogP contribution is 2.39. The first-order chi connectivity index (χ1) is 37.8. The lowest BCUT2D eigenvalue weighted by atomic mass is 9.76. The topological polar surface area (TPSA) is 209 Å². The summed E-state index contributed by atoms with van der Waals surface area (Å²) in [5.74, 6) is -0.656. The molecule has 1 aromatic heterocycles. The summed E-state index contributed by atoms with van der Waals surface area (Å²) < 4.78 is 38.4. The molecule has 3 amide bonds. The molecule has 4 aromatic rings. The van der Waals surface area contributed by atoms with Crippen LogP contribution in [0, 0.1) is 17.1 Å².